The first-order chi connectivity index (χ1) is 14.3. The zero-order chi connectivity index (χ0) is 21.5. The highest BCUT2D eigenvalue weighted by atomic mass is 32.1. The number of carbonyl (C=O) groups excluding carboxylic acids is 2. The number of fused-ring (bicyclic) bond motifs is 1. The van der Waals surface area contributed by atoms with Crippen LogP contribution in [0.5, 0.6) is 0 Å². The normalized spacial score (nSPS) is 13.9. The van der Waals surface area contributed by atoms with Crippen LogP contribution in [0.25, 0.3) is 10.2 Å². The van der Waals surface area contributed by atoms with Crippen molar-refractivity contribution >= 4 is 39.4 Å². The van der Waals surface area contributed by atoms with Crippen LogP contribution in [0.3, 0.4) is 0 Å². The molecule has 0 spiro atoms. The first kappa shape index (κ1) is 19.9. The zero-order valence-corrected chi connectivity index (χ0v) is 17.4. The van der Waals surface area contributed by atoms with Gasteiger partial charge in [-0.05, 0) is 32.1 Å². The van der Waals surface area contributed by atoms with Crippen LogP contribution in [0, 0.1) is 5.82 Å². The summed E-state index contributed by atoms with van der Waals surface area (Å²) in [6.07, 6.45) is 3.65. The highest BCUT2D eigenvalue weighted by molar-refractivity contribution is 7.20. The second-order valence-electron chi connectivity index (χ2n) is 7.28. The van der Waals surface area contributed by atoms with E-state index in [0.717, 1.165) is 11.3 Å². The molecule has 0 saturated carbocycles. The molecule has 10 heteroatoms. The lowest BCUT2D eigenvalue weighted by Crippen LogP contribution is -2.40. The molecule has 4 rings (SSSR count). The maximum absolute atomic E-state index is 14.1. The number of urea groups is 1. The maximum atomic E-state index is 14.1. The van der Waals surface area contributed by atoms with Crippen molar-refractivity contribution in [2.24, 2.45) is 0 Å². The van der Waals surface area contributed by atoms with Crippen LogP contribution >= 0.6 is 11.3 Å². The number of thiophene rings is 1. The molecule has 3 aromatic rings. The third-order valence-electron chi connectivity index (χ3n) is 4.77. The molecule has 30 heavy (non-hydrogen) atoms. The van der Waals surface area contributed by atoms with Gasteiger partial charge in [0.1, 0.15) is 26.9 Å². The van der Waals surface area contributed by atoms with Gasteiger partial charge in [0.05, 0.1) is 11.9 Å². The molecule has 0 fully saturated rings. The number of halogens is 1. The van der Waals surface area contributed by atoms with Crippen LogP contribution in [-0.2, 0) is 10.3 Å². The fraction of sp³-hybridized carbons (Fsp3) is 0.250. The molecule has 0 bridgehead atoms. The number of hydrogen-bond donors (Lipinski definition) is 2. The maximum Gasteiger partial charge on any atom is 0.349 e. The smallest absolute Gasteiger partial charge is 0.349 e. The van der Waals surface area contributed by atoms with Crippen molar-refractivity contribution in [3.63, 3.8) is 0 Å². The number of amides is 2. The fourth-order valence-electron chi connectivity index (χ4n) is 3.20. The van der Waals surface area contributed by atoms with E-state index in [9.17, 15) is 14.0 Å². The van der Waals surface area contributed by atoms with Gasteiger partial charge in [-0.25, -0.2) is 19.0 Å². The first-order valence-electron chi connectivity index (χ1n) is 9.20. The van der Waals surface area contributed by atoms with Gasteiger partial charge in [0.2, 0.25) is 0 Å². The topological polar surface area (TPSA) is 90.6 Å². The molecule has 1 aliphatic heterocycles. The van der Waals surface area contributed by atoms with Gasteiger partial charge in [0, 0.05) is 18.8 Å². The van der Waals surface area contributed by atoms with Gasteiger partial charge in [-0.2, -0.15) is 5.10 Å². The number of anilines is 1. The second kappa shape index (κ2) is 7.45. The van der Waals surface area contributed by atoms with Gasteiger partial charge in [-0.3, -0.25) is 15.4 Å². The lowest BCUT2D eigenvalue weighted by atomic mass is 9.97. The number of hydrazine groups is 1. The number of ether oxygens (including phenoxy) is 1. The van der Waals surface area contributed by atoms with Gasteiger partial charge < -0.3 is 4.74 Å². The Kier molecular flexibility index (Phi) is 4.94. The van der Waals surface area contributed by atoms with Crippen molar-refractivity contribution < 1.29 is 18.7 Å². The Bertz CT molecular complexity index is 1150. The van der Waals surface area contributed by atoms with E-state index >= 15 is 0 Å². The molecule has 1 aromatic carbocycles. The number of aromatic amines is 1. The van der Waals surface area contributed by atoms with Gasteiger partial charge in [-0.1, -0.05) is 18.2 Å². The summed E-state index contributed by atoms with van der Waals surface area (Å²) in [6, 6.07) is 7.45. The number of aromatic nitrogens is 2. The van der Waals surface area contributed by atoms with E-state index in [0.29, 0.717) is 27.5 Å². The van der Waals surface area contributed by atoms with Gasteiger partial charge in [0.25, 0.3) is 0 Å². The summed E-state index contributed by atoms with van der Waals surface area (Å²) in [5, 5.41) is 13.5. The minimum absolute atomic E-state index is 0.289. The molecule has 1 aliphatic rings. The van der Waals surface area contributed by atoms with Crippen LogP contribution in [-0.4, -0.2) is 45.8 Å². The molecule has 156 valence electrons. The van der Waals surface area contributed by atoms with E-state index in [-0.39, 0.29) is 11.6 Å². The average Bonchev–Trinajstić information content (AvgIpc) is 3.38. The zero-order valence-electron chi connectivity index (χ0n) is 16.6. The number of H-pyrrole nitrogens is 1. The molecule has 0 saturated heterocycles. The summed E-state index contributed by atoms with van der Waals surface area (Å²) in [5.41, 5.74) is -0.864. The Morgan fingerprint density at radius 1 is 1.33 bits per heavy atom. The SMILES string of the molecule is CN1C=CCN1C(=O)Nc1[nH]nc2sc(C(=O)OC(C)(C)c3ccccc3F)cc12. The standard InChI is InChI=1S/C20H20FN5O3S/c1-20(2,13-7-4-5-8-14(13)21)29-18(27)15-11-12-16(23-24-17(12)30-15)22-19(28)26-10-6-9-25(26)3/h4-9,11H,10H2,1-3H3,(H2,22,23,24,28). The lowest BCUT2D eigenvalue weighted by Gasteiger charge is -2.25. The predicted octanol–water partition coefficient (Wildman–Crippen LogP) is 4.06. The van der Waals surface area contributed by atoms with Crippen LogP contribution in [0.2, 0.25) is 0 Å². The molecule has 8 nitrogen and oxygen atoms in total. The third kappa shape index (κ3) is 3.61. The largest absolute Gasteiger partial charge is 0.450 e. The van der Waals surface area contributed by atoms with Crippen molar-refractivity contribution in [1.29, 1.82) is 0 Å². The summed E-state index contributed by atoms with van der Waals surface area (Å²) in [7, 11) is 1.77. The van der Waals surface area contributed by atoms with Crippen LogP contribution in [0.1, 0.15) is 29.1 Å². The summed E-state index contributed by atoms with van der Waals surface area (Å²) in [4.78, 5) is 26.0. The Balaban J connectivity index is 1.52. The fourth-order valence-corrected chi connectivity index (χ4v) is 4.07. The van der Waals surface area contributed by atoms with Gasteiger partial charge >= 0.3 is 12.0 Å². The van der Waals surface area contributed by atoms with Gasteiger partial charge in [0.15, 0.2) is 0 Å². The molecule has 0 radical (unpaired) electrons. The van der Waals surface area contributed by atoms with E-state index in [4.69, 9.17) is 4.74 Å². The molecular weight excluding hydrogens is 409 g/mol. The Morgan fingerprint density at radius 2 is 2.10 bits per heavy atom. The number of nitrogens with zero attached hydrogens (tertiary/aromatic N) is 3. The first-order valence-corrected chi connectivity index (χ1v) is 10.0. The van der Waals surface area contributed by atoms with E-state index in [1.807, 2.05) is 6.08 Å². The molecule has 2 N–H and O–H groups in total. The third-order valence-corrected chi connectivity index (χ3v) is 5.78. The Morgan fingerprint density at radius 3 is 2.80 bits per heavy atom. The highest BCUT2D eigenvalue weighted by Gasteiger charge is 2.30. The summed E-state index contributed by atoms with van der Waals surface area (Å²) in [5.74, 6) is -0.645. The van der Waals surface area contributed by atoms with Crippen molar-refractivity contribution in [1.82, 2.24) is 20.2 Å². The molecule has 0 unspecified atom stereocenters. The Hall–Kier alpha value is -3.40. The Labute approximate surface area is 175 Å². The van der Waals surface area contributed by atoms with Crippen molar-refractivity contribution in [3.8, 4) is 0 Å². The molecule has 0 atom stereocenters. The average molecular weight is 429 g/mol. The van der Waals surface area contributed by atoms with Crippen molar-refractivity contribution in [3.05, 3.63) is 58.9 Å². The molecule has 2 aromatic heterocycles. The number of carbonyl (C=O) groups is 2. The van der Waals surface area contributed by atoms with Crippen LogP contribution in [0.15, 0.2) is 42.6 Å². The van der Waals surface area contributed by atoms with Crippen molar-refractivity contribution in [2.75, 3.05) is 18.9 Å². The molecule has 3 heterocycles. The number of nitrogens with one attached hydrogen (secondary N) is 2. The number of rotatable bonds is 4. The quantitative estimate of drug-likeness (QED) is 0.611. The van der Waals surface area contributed by atoms with E-state index in [1.165, 1.54) is 11.1 Å². The minimum Gasteiger partial charge on any atom is -0.450 e. The van der Waals surface area contributed by atoms with E-state index in [2.05, 4.69) is 15.5 Å². The molecule has 0 aliphatic carbocycles. The molecular formula is C20H20FN5O3S. The summed E-state index contributed by atoms with van der Waals surface area (Å²) in [6.45, 7) is 3.73. The summed E-state index contributed by atoms with van der Waals surface area (Å²) < 4.78 is 19.7. The minimum atomic E-state index is -1.15. The molecule has 2 amide bonds. The van der Waals surface area contributed by atoms with E-state index < -0.39 is 17.4 Å². The van der Waals surface area contributed by atoms with Gasteiger partial charge in [-0.15, -0.1) is 11.3 Å². The van der Waals surface area contributed by atoms with Crippen LogP contribution < -0.4 is 5.32 Å². The predicted molar refractivity (Wildman–Crippen MR) is 111 cm³/mol. The number of hydrogen-bond acceptors (Lipinski definition) is 6. The lowest BCUT2D eigenvalue weighted by molar-refractivity contribution is -0.00395. The highest BCUT2D eigenvalue weighted by Crippen LogP contribution is 2.33. The summed E-state index contributed by atoms with van der Waals surface area (Å²) >= 11 is 1.13. The van der Waals surface area contributed by atoms with Crippen LogP contribution in [0.4, 0.5) is 15.0 Å². The second-order valence-corrected chi connectivity index (χ2v) is 8.31. The van der Waals surface area contributed by atoms with Crippen molar-refractivity contribution in [2.45, 2.75) is 19.4 Å². The number of benzene rings is 1. The monoisotopic (exact) mass is 429 g/mol. The number of esters is 1. The van der Waals surface area contributed by atoms with E-state index in [1.54, 1.807) is 56.4 Å².